The first-order valence-corrected chi connectivity index (χ1v) is 6.48. The fourth-order valence-electron chi connectivity index (χ4n) is 2.99. The number of ether oxygens (including phenoxy) is 1. The Kier molecular flexibility index (Phi) is 2.92. The largest absolute Gasteiger partial charge is 0.380 e. The number of carbonyl (C=O) groups excluding carboxylic acids is 1. The topological polar surface area (TPSA) is 49.8 Å². The maximum Gasteiger partial charge on any atom is 0.257 e. The fraction of sp³-hybridized carbons (Fsp3) is 0.400. The van der Waals surface area contributed by atoms with Crippen LogP contribution in [0.5, 0.6) is 0 Å². The van der Waals surface area contributed by atoms with Gasteiger partial charge in [-0.3, -0.25) is 4.79 Å². The molecule has 2 fully saturated rings. The number of benzene rings is 1. The Bertz CT molecular complexity index is 501. The predicted octanol–water partition coefficient (Wildman–Crippen LogP) is 1.62. The molecule has 1 aromatic carbocycles. The zero-order chi connectivity index (χ0) is 13.5. The first kappa shape index (κ1) is 12.4. The SMILES string of the molecule is C=CC[C@]1(O)C[C@H]2CO[C@H](c3ccccc3)N2C1=O. The van der Waals surface area contributed by atoms with Crippen molar-refractivity contribution in [2.75, 3.05) is 6.61 Å². The number of carbonyl (C=O) groups is 1. The van der Waals surface area contributed by atoms with E-state index >= 15 is 0 Å². The molecule has 0 spiro atoms. The van der Waals surface area contributed by atoms with Crippen LogP contribution in [-0.4, -0.2) is 34.2 Å². The second-order valence-corrected chi connectivity index (χ2v) is 5.19. The highest BCUT2D eigenvalue weighted by atomic mass is 16.5. The van der Waals surface area contributed by atoms with Gasteiger partial charge in [-0.05, 0) is 0 Å². The Morgan fingerprint density at radius 1 is 1.47 bits per heavy atom. The minimum atomic E-state index is -1.30. The fourth-order valence-corrected chi connectivity index (χ4v) is 2.99. The molecule has 2 aliphatic heterocycles. The molecule has 0 aromatic heterocycles. The van der Waals surface area contributed by atoms with Crippen LogP contribution in [0.3, 0.4) is 0 Å². The van der Waals surface area contributed by atoms with Gasteiger partial charge in [0.15, 0.2) is 6.23 Å². The number of aliphatic hydroxyl groups is 1. The van der Waals surface area contributed by atoms with Crippen LogP contribution in [0.15, 0.2) is 43.0 Å². The van der Waals surface area contributed by atoms with E-state index in [9.17, 15) is 9.90 Å². The third-order valence-corrected chi connectivity index (χ3v) is 3.87. The van der Waals surface area contributed by atoms with Crippen LogP contribution in [0.2, 0.25) is 0 Å². The molecule has 0 bridgehead atoms. The zero-order valence-electron chi connectivity index (χ0n) is 10.7. The molecule has 1 N–H and O–H groups in total. The summed E-state index contributed by atoms with van der Waals surface area (Å²) in [7, 11) is 0. The lowest BCUT2D eigenvalue weighted by atomic mass is 9.96. The van der Waals surface area contributed by atoms with Crippen molar-refractivity contribution in [2.24, 2.45) is 0 Å². The van der Waals surface area contributed by atoms with Crippen molar-refractivity contribution in [3.05, 3.63) is 48.6 Å². The molecule has 0 unspecified atom stereocenters. The minimum Gasteiger partial charge on any atom is -0.380 e. The molecule has 100 valence electrons. The van der Waals surface area contributed by atoms with Crippen molar-refractivity contribution >= 4 is 5.91 Å². The van der Waals surface area contributed by atoms with E-state index in [1.807, 2.05) is 30.3 Å². The lowest BCUT2D eigenvalue weighted by Gasteiger charge is -2.25. The van der Waals surface area contributed by atoms with Gasteiger partial charge < -0.3 is 14.7 Å². The van der Waals surface area contributed by atoms with Crippen molar-refractivity contribution in [2.45, 2.75) is 30.7 Å². The van der Waals surface area contributed by atoms with Crippen LogP contribution in [0, 0.1) is 0 Å². The molecule has 0 saturated carbocycles. The van der Waals surface area contributed by atoms with Gasteiger partial charge in [0.1, 0.15) is 5.60 Å². The number of amides is 1. The summed E-state index contributed by atoms with van der Waals surface area (Å²) >= 11 is 0. The molecule has 2 heterocycles. The van der Waals surface area contributed by atoms with E-state index in [4.69, 9.17) is 4.74 Å². The minimum absolute atomic E-state index is 0.0392. The number of nitrogens with zero attached hydrogens (tertiary/aromatic N) is 1. The Morgan fingerprint density at radius 3 is 2.89 bits per heavy atom. The van der Waals surface area contributed by atoms with Crippen LogP contribution in [0.25, 0.3) is 0 Å². The Labute approximate surface area is 112 Å². The van der Waals surface area contributed by atoms with Gasteiger partial charge in [0.25, 0.3) is 5.91 Å². The van der Waals surface area contributed by atoms with Crippen molar-refractivity contribution in [3.63, 3.8) is 0 Å². The molecule has 4 heteroatoms. The smallest absolute Gasteiger partial charge is 0.257 e. The van der Waals surface area contributed by atoms with Crippen molar-refractivity contribution in [3.8, 4) is 0 Å². The maximum atomic E-state index is 12.4. The van der Waals surface area contributed by atoms with Crippen molar-refractivity contribution in [1.29, 1.82) is 0 Å². The monoisotopic (exact) mass is 259 g/mol. The van der Waals surface area contributed by atoms with E-state index in [1.165, 1.54) is 0 Å². The van der Waals surface area contributed by atoms with Crippen LogP contribution in [0.4, 0.5) is 0 Å². The quantitative estimate of drug-likeness (QED) is 0.839. The van der Waals surface area contributed by atoms with E-state index < -0.39 is 5.60 Å². The Morgan fingerprint density at radius 2 is 2.21 bits per heavy atom. The normalized spacial score (nSPS) is 33.5. The highest BCUT2D eigenvalue weighted by Gasteiger charge is 2.55. The number of hydrogen-bond acceptors (Lipinski definition) is 3. The molecule has 19 heavy (non-hydrogen) atoms. The molecular weight excluding hydrogens is 242 g/mol. The third kappa shape index (κ3) is 1.88. The molecule has 4 nitrogen and oxygen atoms in total. The first-order chi connectivity index (χ1) is 9.15. The van der Waals surface area contributed by atoms with Crippen molar-refractivity contribution in [1.82, 2.24) is 4.90 Å². The molecule has 2 saturated heterocycles. The standard InChI is InChI=1S/C15H17NO3/c1-2-8-15(18)9-12-10-19-13(16(12)14(15)17)11-6-4-3-5-7-11/h2-7,12-13,18H,1,8-10H2/t12-,13+,15-/m0/s1. The average Bonchev–Trinajstić information content (AvgIpc) is 2.91. The van der Waals surface area contributed by atoms with Gasteiger partial charge in [0, 0.05) is 18.4 Å². The molecular formula is C15H17NO3. The van der Waals surface area contributed by atoms with Gasteiger partial charge in [-0.15, -0.1) is 6.58 Å². The van der Waals surface area contributed by atoms with E-state index in [0.29, 0.717) is 19.4 Å². The average molecular weight is 259 g/mol. The van der Waals surface area contributed by atoms with Gasteiger partial charge >= 0.3 is 0 Å². The van der Waals surface area contributed by atoms with Crippen LogP contribution in [-0.2, 0) is 9.53 Å². The highest BCUT2D eigenvalue weighted by molar-refractivity contribution is 5.88. The summed E-state index contributed by atoms with van der Waals surface area (Å²) in [5, 5.41) is 10.4. The molecule has 3 atom stereocenters. The molecule has 0 radical (unpaired) electrons. The van der Waals surface area contributed by atoms with Crippen LogP contribution >= 0.6 is 0 Å². The lowest BCUT2D eigenvalue weighted by molar-refractivity contribution is -0.149. The summed E-state index contributed by atoms with van der Waals surface area (Å²) in [4.78, 5) is 14.1. The summed E-state index contributed by atoms with van der Waals surface area (Å²) in [6, 6.07) is 9.60. The molecule has 1 amide bonds. The van der Waals surface area contributed by atoms with Gasteiger partial charge in [-0.2, -0.15) is 0 Å². The second-order valence-electron chi connectivity index (χ2n) is 5.19. The van der Waals surface area contributed by atoms with Gasteiger partial charge in [-0.1, -0.05) is 36.4 Å². The maximum absolute atomic E-state index is 12.4. The first-order valence-electron chi connectivity index (χ1n) is 6.48. The summed E-state index contributed by atoms with van der Waals surface area (Å²) in [6.07, 6.45) is 1.93. The summed E-state index contributed by atoms with van der Waals surface area (Å²) < 4.78 is 5.72. The van der Waals surface area contributed by atoms with E-state index in [0.717, 1.165) is 5.56 Å². The lowest BCUT2D eigenvalue weighted by Crippen LogP contribution is -2.40. The molecule has 3 rings (SSSR count). The van der Waals surface area contributed by atoms with Gasteiger partial charge in [-0.25, -0.2) is 0 Å². The molecule has 2 aliphatic rings. The summed E-state index contributed by atoms with van der Waals surface area (Å²) in [5.41, 5.74) is -0.357. The van der Waals surface area contributed by atoms with Crippen LogP contribution < -0.4 is 0 Å². The van der Waals surface area contributed by atoms with Gasteiger partial charge in [0.2, 0.25) is 0 Å². The molecule has 0 aliphatic carbocycles. The number of fused-ring (bicyclic) bond motifs is 1. The van der Waals surface area contributed by atoms with E-state index in [-0.39, 0.29) is 18.2 Å². The Balaban J connectivity index is 1.89. The second kappa shape index (κ2) is 4.47. The van der Waals surface area contributed by atoms with E-state index in [1.54, 1.807) is 11.0 Å². The number of rotatable bonds is 3. The predicted molar refractivity (Wildman–Crippen MR) is 70.1 cm³/mol. The van der Waals surface area contributed by atoms with E-state index in [2.05, 4.69) is 6.58 Å². The number of hydrogen-bond donors (Lipinski definition) is 1. The zero-order valence-corrected chi connectivity index (χ0v) is 10.7. The van der Waals surface area contributed by atoms with Crippen LogP contribution in [0.1, 0.15) is 24.6 Å². The summed E-state index contributed by atoms with van der Waals surface area (Å²) in [5.74, 6) is -0.247. The Hall–Kier alpha value is -1.65. The van der Waals surface area contributed by atoms with Gasteiger partial charge in [0.05, 0.1) is 12.6 Å². The third-order valence-electron chi connectivity index (χ3n) is 3.87. The highest BCUT2D eigenvalue weighted by Crippen LogP contribution is 2.42. The van der Waals surface area contributed by atoms with Crippen molar-refractivity contribution < 1.29 is 14.6 Å². The molecule has 1 aromatic rings. The summed E-state index contributed by atoms with van der Waals surface area (Å²) in [6.45, 7) is 4.09.